The Hall–Kier alpha value is -0.390. The van der Waals surface area contributed by atoms with Gasteiger partial charge in [-0.2, -0.15) is 0 Å². The van der Waals surface area contributed by atoms with Crippen LogP contribution in [-0.2, 0) is 6.54 Å². The lowest BCUT2D eigenvalue weighted by Gasteiger charge is -2.02. The fourth-order valence-corrected chi connectivity index (χ4v) is 1.60. The molecule has 64 valence electrons. The molecule has 1 saturated carbocycles. The van der Waals surface area contributed by atoms with Crippen molar-refractivity contribution in [3.05, 3.63) is 26.4 Å². The number of hydrogen-bond donors (Lipinski definition) is 0. The second kappa shape index (κ2) is 3.16. The largest absolute Gasteiger partial charge is 0.298 e. The lowest BCUT2D eigenvalue weighted by Crippen LogP contribution is -2.23. The van der Waals surface area contributed by atoms with Crippen molar-refractivity contribution in [1.82, 2.24) is 9.55 Å². The zero-order valence-corrected chi connectivity index (χ0v) is 8.69. The van der Waals surface area contributed by atoms with Crippen molar-refractivity contribution >= 4 is 22.6 Å². The number of hydrogen-bond acceptors (Lipinski definition) is 2. The van der Waals surface area contributed by atoms with Gasteiger partial charge in [0.15, 0.2) is 0 Å². The summed E-state index contributed by atoms with van der Waals surface area (Å²) in [5.41, 5.74) is 0.0949. The van der Waals surface area contributed by atoms with Gasteiger partial charge < -0.3 is 0 Å². The first-order valence-electron chi connectivity index (χ1n) is 3.97. The molecule has 12 heavy (non-hydrogen) atoms. The van der Waals surface area contributed by atoms with Gasteiger partial charge in [-0.3, -0.25) is 9.36 Å². The summed E-state index contributed by atoms with van der Waals surface area (Å²) in [6.45, 7) is 0.850. The maximum absolute atomic E-state index is 11.4. The van der Waals surface area contributed by atoms with Crippen LogP contribution >= 0.6 is 22.6 Å². The zero-order valence-electron chi connectivity index (χ0n) is 6.53. The fourth-order valence-electron chi connectivity index (χ4n) is 1.13. The number of nitrogens with zero attached hydrogens (tertiary/aromatic N) is 2. The Bertz CT molecular complexity index is 343. The molecule has 0 bridgehead atoms. The van der Waals surface area contributed by atoms with E-state index >= 15 is 0 Å². The van der Waals surface area contributed by atoms with Crippen LogP contribution in [0, 0.1) is 9.49 Å². The van der Waals surface area contributed by atoms with E-state index in [2.05, 4.69) is 4.98 Å². The second-order valence-corrected chi connectivity index (χ2v) is 4.30. The maximum Gasteiger partial charge on any atom is 0.266 e. The molecule has 0 aliphatic heterocycles. The molecule has 2 rings (SSSR count). The molecule has 1 aliphatic carbocycles. The van der Waals surface area contributed by atoms with Crippen LogP contribution in [0.3, 0.4) is 0 Å². The fraction of sp³-hybridized carbons (Fsp3) is 0.500. The van der Waals surface area contributed by atoms with Crippen LogP contribution in [0.4, 0.5) is 0 Å². The van der Waals surface area contributed by atoms with Crippen LogP contribution in [0.1, 0.15) is 12.8 Å². The van der Waals surface area contributed by atoms with Gasteiger partial charge in [0.05, 0.1) is 9.90 Å². The molecule has 0 saturated heterocycles. The monoisotopic (exact) mass is 276 g/mol. The minimum absolute atomic E-state index is 0.0949. The van der Waals surface area contributed by atoms with E-state index in [-0.39, 0.29) is 5.56 Å². The van der Waals surface area contributed by atoms with Crippen LogP contribution in [0.25, 0.3) is 0 Å². The molecule has 0 radical (unpaired) electrons. The van der Waals surface area contributed by atoms with E-state index in [1.54, 1.807) is 17.1 Å². The van der Waals surface area contributed by atoms with Crippen LogP contribution in [-0.4, -0.2) is 9.55 Å². The van der Waals surface area contributed by atoms with Crippen LogP contribution in [0.15, 0.2) is 17.3 Å². The summed E-state index contributed by atoms with van der Waals surface area (Å²) < 4.78 is 2.41. The third kappa shape index (κ3) is 1.68. The summed E-state index contributed by atoms with van der Waals surface area (Å²) in [6, 6.07) is 0. The quantitative estimate of drug-likeness (QED) is 0.762. The lowest BCUT2D eigenvalue weighted by molar-refractivity contribution is 0.593. The van der Waals surface area contributed by atoms with Crippen LogP contribution in [0.2, 0.25) is 0 Å². The van der Waals surface area contributed by atoms with E-state index in [1.807, 2.05) is 22.6 Å². The molecular formula is C8H9IN2O. The first-order chi connectivity index (χ1) is 5.77. The third-order valence-corrected chi connectivity index (χ3v) is 2.75. The molecule has 1 heterocycles. The van der Waals surface area contributed by atoms with Crippen molar-refractivity contribution < 1.29 is 0 Å². The molecule has 0 amide bonds. The van der Waals surface area contributed by atoms with Gasteiger partial charge in [-0.1, -0.05) is 0 Å². The summed E-state index contributed by atoms with van der Waals surface area (Å²) in [7, 11) is 0. The highest BCUT2D eigenvalue weighted by atomic mass is 127. The standard InChI is InChI=1S/C8H9IN2O/c9-7-3-10-5-11(8(7)12)4-6-1-2-6/h3,5-6H,1-2,4H2. The predicted octanol–water partition coefficient (Wildman–Crippen LogP) is 1.26. The van der Waals surface area contributed by atoms with Crippen molar-refractivity contribution in [2.75, 3.05) is 0 Å². The van der Waals surface area contributed by atoms with Gasteiger partial charge >= 0.3 is 0 Å². The molecule has 0 aromatic carbocycles. The molecule has 3 nitrogen and oxygen atoms in total. The van der Waals surface area contributed by atoms with E-state index in [4.69, 9.17) is 0 Å². The number of aromatic nitrogens is 2. The molecule has 4 heteroatoms. The van der Waals surface area contributed by atoms with Gasteiger partial charge in [0.2, 0.25) is 0 Å². The molecule has 0 spiro atoms. The minimum atomic E-state index is 0.0949. The Morgan fingerprint density at radius 1 is 1.67 bits per heavy atom. The van der Waals surface area contributed by atoms with Gasteiger partial charge in [-0.15, -0.1) is 0 Å². The molecule has 1 fully saturated rings. The molecule has 0 atom stereocenters. The van der Waals surface area contributed by atoms with Crippen molar-refractivity contribution in [3.8, 4) is 0 Å². The zero-order chi connectivity index (χ0) is 8.55. The molecule has 0 unspecified atom stereocenters. The summed E-state index contributed by atoms with van der Waals surface area (Å²) in [4.78, 5) is 15.4. The average molecular weight is 276 g/mol. The Labute approximate surface area is 84.0 Å². The second-order valence-electron chi connectivity index (χ2n) is 3.14. The van der Waals surface area contributed by atoms with Crippen LogP contribution < -0.4 is 5.56 Å². The minimum Gasteiger partial charge on any atom is -0.298 e. The van der Waals surface area contributed by atoms with Crippen molar-refractivity contribution in [2.24, 2.45) is 5.92 Å². The van der Waals surface area contributed by atoms with Gasteiger partial charge in [0, 0.05) is 12.7 Å². The predicted molar refractivity (Wildman–Crippen MR) is 53.9 cm³/mol. The van der Waals surface area contributed by atoms with E-state index in [9.17, 15) is 4.79 Å². The topological polar surface area (TPSA) is 34.9 Å². The smallest absolute Gasteiger partial charge is 0.266 e. The highest BCUT2D eigenvalue weighted by molar-refractivity contribution is 14.1. The number of rotatable bonds is 2. The van der Waals surface area contributed by atoms with Crippen molar-refractivity contribution in [3.63, 3.8) is 0 Å². The number of halogens is 1. The van der Waals surface area contributed by atoms with E-state index in [0.29, 0.717) is 3.57 Å². The van der Waals surface area contributed by atoms with Crippen LogP contribution in [0.5, 0.6) is 0 Å². The molecule has 1 aromatic heterocycles. The summed E-state index contributed by atoms with van der Waals surface area (Å²) >= 11 is 2.02. The Balaban J connectivity index is 2.29. The third-order valence-electron chi connectivity index (χ3n) is 2.01. The first kappa shape index (κ1) is 8.22. The Kier molecular flexibility index (Phi) is 2.16. The molecular weight excluding hydrogens is 267 g/mol. The summed E-state index contributed by atoms with van der Waals surface area (Å²) in [5.74, 6) is 0.725. The SMILES string of the molecule is O=c1c(I)cncn1CC1CC1. The lowest BCUT2D eigenvalue weighted by atomic mass is 10.4. The molecule has 1 aliphatic rings. The summed E-state index contributed by atoms with van der Waals surface area (Å²) in [5, 5.41) is 0. The van der Waals surface area contributed by atoms with Gasteiger partial charge in [-0.05, 0) is 41.4 Å². The van der Waals surface area contributed by atoms with Gasteiger partial charge in [0.1, 0.15) is 0 Å². The normalized spacial score (nSPS) is 16.4. The summed E-state index contributed by atoms with van der Waals surface area (Å²) in [6.07, 6.45) is 5.75. The van der Waals surface area contributed by atoms with Crippen molar-refractivity contribution in [2.45, 2.75) is 19.4 Å². The van der Waals surface area contributed by atoms with Gasteiger partial charge in [-0.25, -0.2) is 4.98 Å². The molecule has 0 N–H and O–H groups in total. The Morgan fingerprint density at radius 2 is 2.42 bits per heavy atom. The maximum atomic E-state index is 11.4. The first-order valence-corrected chi connectivity index (χ1v) is 5.05. The van der Waals surface area contributed by atoms with Crippen molar-refractivity contribution in [1.29, 1.82) is 0 Å². The average Bonchev–Trinajstić information content (AvgIpc) is 2.83. The highest BCUT2D eigenvalue weighted by Gasteiger charge is 2.22. The molecule has 1 aromatic rings. The highest BCUT2D eigenvalue weighted by Crippen LogP contribution is 2.29. The van der Waals surface area contributed by atoms with E-state index in [0.717, 1.165) is 12.5 Å². The Morgan fingerprint density at radius 3 is 3.08 bits per heavy atom. The van der Waals surface area contributed by atoms with Gasteiger partial charge in [0.25, 0.3) is 5.56 Å². The van der Waals surface area contributed by atoms with E-state index in [1.165, 1.54) is 12.8 Å². The van der Waals surface area contributed by atoms with E-state index < -0.39 is 0 Å².